The fourth-order valence-electron chi connectivity index (χ4n) is 1.23. The Kier molecular flexibility index (Phi) is 5.19. The highest BCUT2D eigenvalue weighted by Crippen LogP contribution is 2.19. The summed E-state index contributed by atoms with van der Waals surface area (Å²) in [5, 5.41) is 14.1. The highest BCUT2D eigenvalue weighted by Gasteiger charge is 2.06. The van der Waals surface area contributed by atoms with Crippen molar-refractivity contribution in [3.05, 3.63) is 10.0 Å². The molecule has 0 radical (unpaired) electrons. The van der Waals surface area contributed by atoms with Gasteiger partial charge in [0.2, 0.25) is 0 Å². The second-order valence-electron chi connectivity index (χ2n) is 4.40. The Balaban J connectivity index is 2.26. The number of aryl methyl sites for hydroxylation is 1. The smallest absolute Gasteiger partial charge is 0.119 e. The van der Waals surface area contributed by atoms with Crippen molar-refractivity contribution < 1.29 is 0 Å². The fourth-order valence-corrected chi connectivity index (χ4v) is 2.12. The lowest BCUT2D eigenvalue weighted by molar-refractivity contribution is 0.569. The zero-order chi connectivity index (χ0) is 11.3. The van der Waals surface area contributed by atoms with Gasteiger partial charge in [-0.25, -0.2) is 0 Å². The zero-order valence-corrected chi connectivity index (χ0v) is 10.9. The van der Waals surface area contributed by atoms with Crippen LogP contribution in [-0.2, 0) is 6.42 Å². The minimum Gasteiger partial charge on any atom is -0.315 e. The van der Waals surface area contributed by atoms with E-state index in [0.717, 1.165) is 24.4 Å². The Hall–Kier alpha value is -0.480. The molecule has 0 saturated carbocycles. The Labute approximate surface area is 96.3 Å². The normalized spacial score (nSPS) is 11.6. The summed E-state index contributed by atoms with van der Waals surface area (Å²) in [5.74, 6) is 0.505. The highest BCUT2D eigenvalue weighted by atomic mass is 32.1. The van der Waals surface area contributed by atoms with Crippen LogP contribution in [0.1, 0.15) is 50.0 Å². The topological polar surface area (TPSA) is 37.8 Å². The molecular formula is C11H21N3S. The summed E-state index contributed by atoms with van der Waals surface area (Å²) in [6, 6.07) is 0.575. The quantitative estimate of drug-likeness (QED) is 0.759. The van der Waals surface area contributed by atoms with Gasteiger partial charge in [-0.15, -0.1) is 21.5 Å². The molecule has 0 saturated heterocycles. The van der Waals surface area contributed by atoms with E-state index in [2.05, 4.69) is 43.2 Å². The van der Waals surface area contributed by atoms with Gasteiger partial charge >= 0.3 is 0 Å². The van der Waals surface area contributed by atoms with Crippen molar-refractivity contribution in [1.82, 2.24) is 15.5 Å². The molecule has 1 N–H and O–H groups in total. The average molecular weight is 227 g/mol. The maximum atomic E-state index is 4.19. The molecule has 15 heavy (non-hydrogen) atoms. The van der Waals surface area contributed by atoms with E-state index < -0.39 is 0 Å². The Bertz CT molecular complexity index is 281. The van der Waals surface area contributed by atoms with Crippen LogP contribution in [-0.4, -0.2) is 22.8 Å². The van der Waals surface area contributed by atoms with Crippen LogP contribution in [0, 0.1) is 0 Å². The van der Waals surface area contributed by atoms with Crippen LogP contribution in [0.3, 0.4) is 0 Å². The predicted octanol–water partition coefficient (Wildman–Crippen LogP) is 2.59. The molecule has 0 atom stereocenters. The second kappa shape index (κ2) is 6.18. The Morgan fingerprint density at radius 3 is 2.47 bits per heavy atom. The average Bonchev–Trinajstić information content (AvgIpc) is 2.60. The molecule has 0 fully saturated rings. The first-order chi connectivity index (χ1) is 7.09. The molecule has 4 heteroatoms. The summed E-state index contributed by atoms with van der Waals surface area (Å²) in [6.07, 6.45) is 2.19. The van der Waals surface area contributed by atoms with Gasteiger partial charge in [-0.05, 0) is 13.0 Å². The third-order valence-electron chi connectivity index (χ3n) is 2.10. The number of aromatic nitrogens is 2. The van der Waals surface area contributed by atoms with Crippen molar-refractivity contribution in [3.63, 3.8) is 0 Å². The molecule has 86 valence electrons. The molecule has 1 rings (SSSR count). The molecule has 0 bridgehead atoms. The maximum Gasteiger partial charge on any atom is 0.119 e. The third-order valence-corrected chi connectivity index (χ3v) is 3.38. The SMILES string of the molecule is CC(C)NCCCc1nnc(C(C)C)s1. The monoisotopic (exact) mass is 227 g/mol. The van der Waals surface area contributed by atoms with Crippen LogP contribution in [0.25, 0.3) is 0 Å². The van der Waals surface area contributed by atoms with E-state index in [1.807, 2.05) is 0 Å². The number of nitrogens with one attached hydrogen (secondary N) is 1. The fraction of sp³-hybridized carbons (Fsp3) is 0.818. The zero-order valence-electron chi connectivity index (χ0n) is 10.1. The number of hydrogen-bond donors (Lipinski definition) is 1. The van der Waals surface area contributed by atoms with Gasteiger partial charge in [-0.2, -0.15) is 0 Å². The first kappa shape index (κ1) is 12.6. The first-order valence-corrected chi connectivity index (χ1v) is 6.47. The molecular weight excluding hydrogens is 206 g/mol. The third kappa shape index (κ3) is 4.71. The maximum absolute atomic E-state index is 4.19. The van der Waals surface area contributed by atoms with E-state index in [4.69, 9.17) is 0 Å². The minimum atomic E-state index is 0.505. The van der Waals surface area contributed by atoms with Crippen molar-refractivity contribution in [2.75, 3.05) is 6.54 Å². The van der Waals surface area contributed by atoms with Crippen molar-refractivity contribution in [2.24, 2.45) is 0 Å². The van der Waals surface area contributed by atoms with E-state index in [1.165, 1.54) is 5.01 Å². The lowest BCUT2D eigenvalue weighted by atomic mass is 10.2. The van der Waals surface area contributed by atoms with Crippen molar-refractivity contribution in [3.8, 4) is 0 Å². The summed E-state index contributed by atoms with van der Waals surface area (Å²) in [7, 11) is 0. The Morgan fingerprint density at radius 2 is 1.93 bits per heavy atom. The van der Waals surface area contributed by atoms with Crippen molar-refractivity contribution >= 4 is 11.3 Å². The molecule has 0 aliphatic heterocycles. The minimum absolute atomic E-state index is 0.505. The standard InChI is InChI=1S/C11H21N3S/c1-8(2)11-14-13-10(15-11)6-5-7-12-9(3)4/h8-9,12H,5-7H2,1-4H3. The van der Waals surface area contributed by atoms with Gasteiger partial charge in [-0.1, -0.05) is 27.7 Å². The molecule has 1 aromatic rings. The molecule has 3 nitrogen and oxygen atoms in total. The predicted molar refractivity (Wildman–Crippen MR) is 65.5 cm³/mol. The van der Waals surface area contributed by atoms with Crippen LogP contribution in [0.15, 0.2) is 0 Å². The largest absolute Gasteiger partial charge is 0.315 e. The van der Waals surface area contributed by atoms with Gasteiger partial charge in [0.25, 0.3) is 0 Å². The number of nitrogens with zero attached hydrogens (tertiary/aromatic N) is 2. The van der Waals surface area contributed by atoms with Crippen LogP contribution >= 0.6 is 11.3 Å². The van der Waals surface area contributed by atoms with Crippen LogP contribution in [0.5, 0.6) is 0 Å². The van der Waals surface area contributed by atoms with E-state index in [-0.39, 0.29) is 0 Å². The van der Waals surface area contributed by atoms with Crippen molar-refractivity contribution in [1.29, 1.82) is 0 Å². The summed E-state index contributed by atoms with van der Waals surface area (Å²) in [5.41, 5.74) is 0. The molecule has 0 unspecified atom stereocenters. The molecule has 1 aromatic heterocycles. The van der Waals surface area contributed by atoms with E-state index in [1.54, 1.807) is 11.3 Å². The van der Waals surface area contributed by atoms with Crippen LogP contribution in [0.4, 0.5) is 0 Å². The summed E-state index contributed by atoms with van der Waals surface area (Å²) >= 11 is 1.75. The van der Waals surface area contributed by atoms with E-state index >= 15 is 0 Å². The molecule has 0 aliphatic carbocycles. The highest BCUT2D eigenvalue weighted by molar-refractivity contribution is 7.11. The van der Waals surface area contributed by atoms with E-state index in [9.17, 15) is 0 Å². The summed E-state index contributed by atoms with van der Waals surface area (Å²) < 4.78 is 0. The van der Waals surface area contributed by atoms with Gasteiger partial charge in [-0.3, -0.25) is 0 Å². The summed E-state index contributed by atoms with van der Waals surface area (Å²) in [4.78, 5) is 0. The van der Waals surface area contributed by atoms with Crippen LogP contribution in [0.2, 0.25) is 0 Å². The number of rotatable bonds is 6. The summed E-state index contributed by atoms with van der Waals surface area (Å²) in [6.45, 7) is 9.72. The molecule has 1 heterocycles. The van der Waals surface area contributed by atoms with Gasteiger partial charge in [0, 0.05) is 18.4 Å². The molecule has 0 aromatic carbocycles. The van der Waals surface area contributed by atoms with Gasteiger partial charge < -0.3 is 5.32 Å². The molecule has 0 amide bonds. The van der Waals surface area contributed by atoms with Crippen LogP contribution < -0.4 is 5.32 Å². The van der Waals surface area contributed by atoms with Gasteiger partial charge in [0.05, 0.1) is 0 Å². The molecule has 0 aliphatic rings. The number of hydrogen-bond acceptors (Lipinski definition) is 4. The van der Waals surface area contributed by atoms with Crippen molar-refractivity contribution in [2.45, 2.75) is 52.5 Å². The lowest BCUT2D eigenvalue weighted by Gasteiger charge is -2.05. The molecule has 0 spiro atoms. The van der Waals surface area contributed by atoms with E-state index in [0.29, 0.717) is 12.0 Å². The first-order valence-electron chi connectivity index (χ1n) is 5.65. The lowest BCUT2D eigenvalue weighted by Crippen LogP contribution is -2.23. The van der Waals surface area contributed by atoms with Gasteiger partial charge in [0.15, 0.2) is 0 Å². The Morgan fingerprint density at radius 1 is 1.20 bits per heavy atom. The van der Waals surface area contributed by atoms with Gasteiger partial charge in [0.1, 0.15) is 10.0 Å². The second-order valence-corrected chi connectivity index (χ2v) is 5.49.